The van der Waals surface area contributed by atoms with Crippen LogP contribution in [0, 0.1) is 0 Å². The van der Waals surface area contributed by atoms with E-state index in [0.717, 1.165) is 12.8 Å². The standard InChI is InChI=1S/C11H18N4O2S/c1-6(4-5-16)13-10(17)8-9(12)15-11(18-8)14-7-2-3-7/h6-7,16H,2-5,12H2,1H3,(H,13,17)(H,14,15). The number of aliphatic hydroxyl groups is 1. The Morgan fingerprint density at radius 3 is 3.00 bits per heavy atom. The number of nitrogens with zero attached hydrogens (tertiary/aromatic N) is 1. The lowest BCUT2D eigenvalue weighted by molar-refractivity contribution is 0.0939. The SMILES string of the molecule is CC(CCO)NC(=O)c1sc(NC2CC2)nc1N. The van der Waals surface area contributed by atoms with E-state index in [9.17, 15) is 4.79 Å². The minimum Gasteiger partial charge on any atom is -0.396 e. The Labute approximate surface area is 110 Å². The summed E-state index contributed by atoms with van der Waals surface area (Å²) in [5, 5.41) is 15.5. The number of anilines is 2. The van der Waals surface area contributed by atoms with Gasteiger partial charge in [-0.2, -0.15) is 0 Å². The topological polar surface area (TPSA) is 100 Å². The number of carbonyl (C=O) groups is 1. The summed E-state index contributed by atoms with van der Waals surface area (Å²) in [7, 11) is 0. The van der Waals surface area contributed by atoms with E-state index in [2.05, 4.69) is 15.6 Å². The first kappa shape index (κ1) is 13.1. The van der Waals surface area contributed by atoms with Gasteiger partial charge in [-0.3, -0.25) is 4.79 Å². The molecule has 1 aliphatic rings. The van der Waals surface area contributed by atoms with E-state index in [1.807, 2.05) is 6.92 Å². The van der Waals surface area contributed by atoms with Gasteiger partial charge in [0.1, 0.15) is 10.7 Å². The molecule has 0 spiro atoms. The highest BCUT2D eigenvalue weighted by Crippen LogP contribution is 2.30. The molecule has 1 aliphatic carbocycles. The molecule has 1 atom stereocenters. The second-order valence-corrected chi connectivity index (χ2v) is 5.54. The molecule has 1 heterocycles. The first-order chi connectivity index (χ1) is 8.60. The van der Waals surface area contributed by atoms with Gasteiger partial charge in [0.15, 0.2) is 5.13 Å². The predicted molar refractivity (Wildman–Crippen MR) is 71.8 cm³/mol. The van der Waals surface area contributed by atoms with Crippen molar-refractivity contribution >= 4 is 28.2 Å². The molecule has 0 saturated heterocycles. The molecule has 6 nitrogen and oxygen atoms in total. The van der Waals surface area contributed by atoms with Crippen molar-refractivity contribution in [1.82, 2.24) is 10.3 Å². The van der Waals surface area contributed by atoms with Crippen molar-refractivity contribution in [2.75, 3.05) is 17.7 Å². The summed E-state index contributed by atoms with van der Waals surface area (Å²) in [6.07, 6.45) is 2.82. The molecule has 18 heavy (non-hydrogen) atoms. The average molecular weight is 270 g/mol. The van der Waals surface area contributed by atoms with E-state index in [1.165, 1.54) is 11.3 Å². The molecule has 1 aromatic heterocycles. The lowest BCUT2D eigenvalue weighted by atomic mass is 10.2. The molecule has 1 fully saturated rings. The van der Waals surface area contributed by atoms with Crippen molar-refractivity contribution in [3.63, 3.8) is 0 Å². The fraction of sp³-hybridized carbons (Fsp3) is 0.636. The van der Waals surface area contributed by atoms with Gasteiger partial charge in [0.25, 0.3) is 5.91 Å². The number of hydrogen-bond acceptors (Lipinski definition) is 6. The van der Waals surface area contributed by atoms with Gasteiger partial charge < -0.3 is 21.5 Å². The lowest BCUT2D eigenvalue weighted by Crippen LogP contribution is -2.33. The van der Waals surface area contributed by atoms with Crippen LogP contribution >= 0.6 is 11.3 Å². The van der Waals surface area contributed by atoms with Crippen LogP contribution in [0.15, 0.2) is 0 Å². The maximum atomic E-state index is 11.9. The van der Waals surface area contributed by atoms with E-state index in [0.29, 0.717) is 22.5 Å². The van der Waals surface area contributed by atoms with Crippen LogP contribution in [-0.4, -0.2) is 34.7 Å². The summed E-state index contributed by atoms with van der Waals surface area (Å²) in [6, 6.07) is 0.406. The Morgan fingerprint density at radius 1 is 1.67 bits per heavy atom. The summed E-state index contributed by atoms with van der Waals surface area (Å²) in [5.41, 5.74) is 5.74. The van der Waals surface area contributed by atoms with Crippen LogP contribution in [0.25, 0.3) is 0 Å². The molecule has 5 N–H and O–H groups in total. The number of carbonyl (C=O) groups excluding carboxylic acids is 1. The number of nitrogens with two attached hydrogens (primary N) is 1. The lowest BCUT2D eigenvalue weighted by Gasteiger charge is -2.11. The first-order valence-electron chi connectivity index (χ1n) is 6.04. The number of aliphatic hydroxyl groups excluding tert-OH is 1. The minimum absolute atomic E-state index is 0.0497. The molecular formula is C11H18N4O2S. The van der Waals surface area contributed by atoms with Crippen molar-refractivity contribution in [2.45, 2.75) is 38.3 Å². The van der Waals surface area contributed by atoms with Crippen LogP contribution in [0.5, 0.6) is 0 Å². The van der Waals surface area contributed by atoms with Gasteiger partial charge in [0, 0.05) is 18.7 Å². The van der Waals surface area contributed by atoms with Crippen molar-refractivity contribution in [3.8, 4) is 0 Å². The Morgan fingerprint density at radius 2 is 2.39 bits per heavy atom. The number of thiazole rings is 1. The second-order valence-electron chi connectivity index (χ2n) is 4.54. The van der Waals surface area contributed by atoms with Gasteiger partial charge in [0.2, 0.25) is 0 Å². The molecule has 2 rings (SSSR count). The third kappa shape index (κ3) is 3.33. The summed E-state index contributed by atoms with van der Waals surface area (Å²) in [6.45, 7) is 1.89. The zero-order valence-corrected chi connectivity index (χ0v) is 11.1. The number of hydrogen-bond donors (Lipinski definition) is 4. The van der Waals surface area contributed by atoms with E-state index in [1.54, 1.807) is 0 Å². The van der Waals surface area contributed by atoms with Crippen molar-refractivity contribution in [1.29, 1.82) is 0 Å². The third-order valence-corrected chi connectivity index (χ3v) is 3.71. The molecule has 1 saturated carbocycles. The van der Waals surface area contributed by atoms with Crippen molar-refractivity contribution in [3.05, 3.63) is 4.88 Å². The Kier molecular flexibility index (Phi) is 4.03. The Balaban J connectivity index is 1.97. The highest BCUT2D eigenvalue weighted by atomic mass is 32.1. The largest absolute Gasteiger partial charge is 0.396 e. The van der Waals surface area contributed by atoms with E-state index >= 15 is 0 Å². The fourth-order valence-electron chi connectivity index (χ4n) is 1.51. The van der Waals surface area contributed by atoms with Crippen LogP contribution in [0.3, 0.4) is 0 Å². The van der Waals surface area contributed by atoms with Crippen molar-refractivity contribution < 1.29 is 9.90 Å². The number of nitrogens with one attached hydrogen (secondary N) is 2. The summed E-state index contributed by atoms with van der Waals surface area (Å²) < 4.78 is 0. The zero-order valence-electron chi connectivity index (χ0n) is 10.3. The Bertz CT molecular complexity index is 431. The smallest absolute Gasteiger partial charge is 0.265 e. The van der Waals surface area contributed by atoms with Gasteiger partial charge >= 0.3 is 0 Å². The van der Waals surface area contributed by atoms with Gasteiger partial charge in [-0.05, 0) is 26.2 Å². The van der Waals surface area contributed by atoms with Crippen molar-refractivity contribution in [2.24, 2.45) is 0 Å². The monoisotopic (exact) mass is 270 g/mol. The number of nitrogen functional groups attached to an aromatic ring is 1. The summed E-state index contributed by atoms with van der Waals surface area (Å²) in [5.74, 6) is 0.0339. The van der Waals surface area contributed by atoms with Crippen LogP contribution in [0.2, 0.25) is 0 Å². The molecule has 0 radical (unpaired) electrons. The highest BCUT2D eigenvalue weighted by molar-refractivity contribution is 7.18. The van der Waals surface area contributed by atoms with Crippen LogP contribution < -0.4 is 16.4 Å². The first-order valence-corrected chi connectivity index (χ1v) is 6.86. The van der Waals surface area contributed by atoms with Gasteiger partial charge in [0.05, 0.1) is 0 Å². The number of amides is 1. The van der Waals surface area contributed by atoms with Gasteiger partial charge in [-0.1, -0.05) is 11.3 Å². The van der Waals surface area contributed by atoms with E-state index < -0.39 is 0 Å². The summed E-state index contributed by atoms with van der Waals surface area (Å²) >= 11 is 1.27. The van der Waals surface area contributed by atoms with Crippen LogP contribution in [0.1, 0.15) is 35.9 Å². The molecular weight excluding hydrogens is 252 g/mol. The average Bonchev–Trinajstić information content (AvgIpc) is 3.01. The molecule has 0 bridgehead atoms. The molecule has 0 aliphatic heterocycles. The maximum absolute atomic E-state index is 11.9. The molecule has 7 heteroatoms. The molecule has 0 aromatic carbocycles. The summed E-state index contributed by atoms with van der Waals surface area (Å²) in [4.78, 5) is 16.5. The highest BCUT2D eigenvalue weighted by Gasteiger charge is 2.24. The maximum Gasteiger partial charge on any atom is 0.265 e. The van der Waals surface area contributed by atoms with Crippen LogP contribution in [0.4, 0.5) is 10.9 Å². The normalized spacial score (nSPS) is 16.3. The third-order valence-electron chi connectivity index (χ3n) is 2.70. The fourth-order valence-corrected chi connectivity index (χ4v) is 2.38. The number of aromatic nitrogens is 1. The van der Waals surface area contributed by atoms with E-state index in [4.69, 9.17) is 10.8 Å². The second kappa shape index (κ2) is 5.53. The van der Waals surface area contributed by atoms with E-state index in [-0.39, 0.29) is 24.4 Å². The molecule has 1 unspecified atom stereocenters. The van der Waals surface area contributed by atoms with Gasteiger partial charge in [-0.15, -0.1) is 0 Å². The van der Waals surface area contributed by atoms with Gasteiger partial charge in [-0.25, -0.2) is 4.98 Å². The quantitative estimate of drug-likeness (QED) is 0.612. The minimum atomic E-state index is -0.227. The molecule has 1 aromatic rings. The van der Waals surface area contributed by atoms with Crippen LogP contribution in [-0.2, 0) is 0 Å². The zero-order chi connectivity index (χ0) is 13.1. The molecule has 100 valence electrons. The number of rotatable bonds is 6. The predicted octanol–water partition coefficient (Wildman–Crippen LogP) is 0.800. The molecule has 1 amide bonds. The Hall–Kier alpha value is -1.34.